The van der Waals surface area contributed by atoms with Gasteiger partial charge in [-0.3, -0.25) is 19.2 Å². The van der Waals surface area contributed by atoms with Gasteiger partial charge in [-0.25, -0.2) is 18.4 Å². The third-order valence-electron chi connectivity index (χ3n) is 7.79. The number of carbonyl (C=O) groups excluding carboxylic acids is 2. The molecular formula is C35H38N4O5S. The Kier molecular flexibility index (Phi) is 10.0. The second-order valence-electron chi connectivity index (χ2n) is 11.6. The highest BCUT2D eigenvalue weighted by Gasteiger charge is 2.34. The maximum atomic E-state index is 13.1. The third-order valence-corrected chi connectivity index (χ3v) is 9.05. The summed E-state index contributed by atoms with van der Waals surface area (Å²) in [6, 6.07) is 24.8. The minimum atomic E-state index is -3.76. The van der Waals surface area contributed by atoms with Crippen molar-refractivity contribution in [3.8, 4) is 22.5 Å². The number of sulfonamides is 1. The highest BCUT2D eigenvalue weighted by atomic mass is 32.2. The van der Waals surface area contributed by atoms with Gasteiger partial charge in [-0.05, 0) is 32.3 Å². The maximum Gasteiger partial charge on any atom is 0.257 e. The monoisotopic (exact) mass is 626 g/mol. The van der Waals surface area contributed by atoms with Gasteiger partial charge < -0.3 is 5.11 Å². The van der Waals surface area contributed by atoms with Gasteiger partial charge in [-0.1, -0.05) is 103 Å². The van der Waals surface area contributed by atoms with E-state index in [4.69, 9.17) is 9.97 Å². The average Bonchev–Trinajstić information content (AvgIpc) is 3.01. The van der Waals surface area contributed by atoms with Crippen LogP contribution in [-0.2, 0) is 31.8 Å². The molecule has 2 heterocycles. The van der Waals surface area contributed by atoms with Gasteiger partial charge in [-0.15, -0.1) is 0 Å². The molecule has 0 fully saturated rings. The van der Waals surface area contributed by atoms with E-state index >= 15 is 0 Å². The number of aryl methyl sites for hydroxylation is 2. The average molecular weight is 627 g/mol. The first-order chi connectivity index (χ1) is 21.6. The summed E-state index contributed by atoms with van der Waals surface area (Å²) in [7, 11) is -3.76. The molecule has 0 saturated heterocycles. The van der Waals surface area contributed by atoms with Crippen molar-refractivity contribution in [3.05, 3.63) is 101 Å². The molecule has 10 heteroatoms. The molecule has 1 atom stereocenters. The van der Waals surface area contributed by atoms with Crippen LogP contribution < -0.4 is 9.62 Å². The Balaban J connectivity index is 1.24. The number of hydrogen-bond donors (Lipinski definition) is 2. The molecule has 5 rings (SSSR count). The van der Waals surface area contributed by atoms with Crippen molar-refractivity contribution in [3.63, 3.8) is 0 Å². The molecule has 1 aliphatic rings. The van der Waals surface area contributed by atoms with Gasteiger partial charge >= 0.3 is 0 Å². The predicted molar refractivity (Wildman–Crippen MR) is 175 cm³/mol. The van der Waals surface area contributed by atoms with E-state index in [1.165, 1.54) is 4.90 Å². The molecule has 3 aromatic carbocycles. The Morgan fingerprint density at radius 1 is 0.844 bits per heavy atom. The summed E-state index contributed by atoms with van der Waals surface area (Å²) in [5, 5.41) is 10.6. The van der Waals surface area contributed by atoms with Crippen LogP contribution in [0.1, 0.15) is 54.5 Å². The van der Waals surface area contributed by atoms with Crippen molar-refractivity contribution in [2.75, 3.05) is 11.4 Å². The minimum absolute atomic E-state index is 0.0887. The van der Waals surface area contributed by atoms with Crippen LogP contribution in [0.5, 0.6) is 0 Å². The number of aromatic nitrogens is 2. The van der Waals surface area contributed by atoms with Crippen LogP contribution in [0.2, 0.25) is 0 Å². The first kappa shape index (κ1) is 32.0. The second-order valence-corrected chi connectivity index (χ2v) is 13.3. The van der Waals surface area contributed by atoms with Gasteiger partial charge in [0.2, 0.25) is 15.9 Å². The lowest BCUT2D eigenvalue weighted by molar-refractivity contribution is -0.127. The lowest BCUT2D eigenvalue weighted by Crippen LogP contribution is -2.46. The molecule has 1 aromatic heterocycles. The van der Waals surface area contributed by atoms with Gasteiger partial charge in [0.05, 0.1) is 22.8 Å². The highest BCUT2D eigenvalue weighted by molar-refractivity contribution is 7.89. The Morgan fingerprint density at radius 2 is 1.42 bits per heavy atom. The van der Waals surface area contributed by atoms with Crippen LogP contribution in [0.25, 0.3) is 22.5 Å². The van der Waals surface area contributed by atoms with Crippen molar-refractivity contribution in [2.45, 2.75) is 64.2 Å². The normalized spacial score (nSPS) is 14.7. The number of unbranched alkanes of at least 4 members (excludes halogenated alkanes) is 3. The predicted octanol–water partition coefficient (Wildman–Crippen LogP) is 5.27. The molecule has 1 unspecified atom stereocenters. The highest BCUT2D eigenvalue weighted by Crippen LogP contribution is 2.35. The summed E-state index contributed by atoms with van der Waals surface area (Å²) >= 11 is 0. The number of amides is 2. The zero-order chi connectivity index (χ0) is 32.0. The van der Waals surface area contributed by atoms with Crippen LogP contribution in [0.3, 0.4) is 0 Å². The Bertz CT molecular complexity index is 1760. The zero-order valence-electron chi connectivity index (χ0n) is 25.6. The van der Waals surface area contributed by atoms with Crippen LogP contribution >= 0.6 is 0 Å². The first-order valence-electron chi connectivity index (χ1n) is 15.2. The minimum Gasteiger partial charge on any atom is -0.383 e. The molecule has 0 bridgehead atoms. The third kappa shape index (κ3) is 8.20. The molecule has 0 radical (unpaired) electrons. The van der Waals surface area contributed by atoms with Crippen molar-refractivity contribution in [2.24, 2.45) is 0 Å². The van der Waals surface area contributed by atoms with Crippen LogP contribution in [0.15, 0.2) is 78.9 Å². The van der Waals surface area contributed by atoms with Gasteiger partial charge in [0.1, 0.15) is 6.10 Å². The molecule has 45 heavy (non-hydrogen) atoms. The Labute approximate surface area is 264 Å². The number of anilines is 1. The van der Waals surface area contributed by atoms with E-state index < -0.39 is 27.9 Å². The Hall–Kier alpha value is -4.41. The largest absolute Gasteiger partial charge is 0.383 e. The summed E-state index contributed by atoms with van der Waals surface area (Å²) in [5.74, 6) is -0.729. The van der Waals surface area contributed by atoms with Gasteiger partial charge in [0.15, 0.2) is 5.82 Å². The molecule has 0 spiro atoms. The van der Waals surface area contributed by atoms with Crippen molar-refractivity contribution in [1.82, 2.24) is 14.7 Å². The van der Waals surface area contributed by atoms with Gasteiger partial charge in [0, 0.05) is 30.5 Å². The standard InChI is InChI=1S/C35H38N4O5S/c1-24-13-17-27(18-14-24)32-33(28-19-15-25(2)16-20-28)37-34-29(36-32)22-30(40)35(42)39(34)21-9-4-3-8-12-31(41)38-45(43,44)23-26-10-6-5-7-11-26/h5-7,10-11,13-20,30,40H,3-4,8-9,12,21-23H2,1-2H3,(H,38,41). The lowest BCUT2D eigenvalue weighted by atomic mass is 10.00. The molecule has 2 N–H and O–H groups in total. The fraction of sp³-hybridized carbons (Fsp3) is 0.314. The van der Waals surface area contributed by atoms with Crippen molar-refractivity contribution >= 4 is 27.7 Å². The molecular weight excluding hydrogens is 588 g/mol. The maximum absolute atomic E-state index is 13.1. The fourth-order valence-corrected chi connectivity index (χ4v) is 6.53. The number of nitrogens with zero attached hydrogens (tertiary/aromatic N) is 3. The SMILES string of the molecule is Cc1ccc(-c2nc3c(nc2-c2ccc(C)cc2)N(CCCCCCC(=O)NS(=O)(=O)Cc2ccccc2)C(=O)C(O)C3)cc1. The number of rotatable bonds is 12. The van der Waals surface area contributed by atoms with E-state index in [9.17, 15) is 23.1 Å². The molecule has 4 aromatic rings. The van der Waals surface area contributed by atoms with E-state index in [2.05, 4.69) is 4.72 Å². The molecule has 0 saturated carbocycles. The summed E-state index contributed by atoms with van der Waals surface area (Å²) in [4.78, 5) is 36.9. The number of hydrogen-bond acceptors (Lipinski definition) is 7. The first-order valence-corrected chi connectivity index (χ1v) is 16.9. The Morgan fingerprint density at radius 3 is 2.04 bits per heavy atom. The number of benzene rings is 3. The van der Waals surface area contributed by atoms with Crippen molar-refractivity contribution < 1.29 is 23.1 Å². The molecule has 234 valence electrons. The van der Waals surface area contributed by atoms with Crippen LogP contribution in [0.4, 0.5) is 5.82 Å². The summed E-state index contributed by atoms with van der Waals surface area (Å²) in [5.41, 5.74) is 6.58. The van der Waals surface area contributed by atoms with E-state index in [0.29, 0.717) is 60.7 Å². The number of nitrogens with one attached hydrogen (secondary N) is 1. The fourth-order valence-electron chi connectivity index (χ4n) is 5.37. The summed E-state index contributed by atoms with van der Waals surface area (Å²) in [6.07, 6.45) is 1.49. The van der Waals surface area contributed by atoms with E-state index in [1.54, 1.807) is 30.3 Å². The van der Waals surface area contributed by atoms with Crippen LogP contribution in [-0.4, -0.2) is 48.0 Å². The smallest absolute Gasteiger partial charge is 0.257 e. The van der Waals surface area contributed by atoms with Crippen LogP contribution in [0, 0.1) is 13.8 Å². The zero-order valence-corrected chi connectivity index (χ0v) is 26.4. The second kappa shape index (κ2) is 14.1. The van der Waals surface area contributed by atoms with Gasteiger partial charge in [-0.2, -0.15) is 0 Å². The number of carbonyl (C=O) groups is 2. The summed E-state index contributed by atoms with van der Waals surface area (Å²) in [6.45, 7) is 4.38. The van der Waals surface area contributed by atoms with Crippen molar-refractivity contribution in [1.29, 1.82) is 0 Å². The summed E-state index contributed by atoms with van der Waals surface area (Å²) < 4.78 is 26.8. The molecule has 2 amide bonds. The number of fused-ring (bicyclic) bond motifs is 1. The van der Waals surface area contributed by atoms with E-state index in [0.717, 1.165) is 22.3 Å². The quantitative estimate of drug-likeness (QED) is 0.205. The van der Waals surface area contributed by atoms with E-state index in [-0.39, 0.29) is 18.6 Å². The van der Waals surface area contributed by atoms with E-state index in [1.807, 2.05) is 62.4 Å². The topological polar surface area (TPSA) is 130 Å². The number of aliphatic hydroxyl groups excluding tert-OH is 1. The lowest BCUT2D eigenvalue weighted by Gasteiger charge is -2.31. The molecule has 1 aliphatic heterocycles. The van der Waals surface area contributed by atoms with Gasteiger partial charge in [0.25, 0.3) is 5.91 Å². The molecule has 9 nitrogen and oxygen atoms in total. The molecule has 0 aliphatic carbocycles. The number of aliphatic hydroxyl groups is 1.